The van der Waals surface area contributed by atoms with Gasteiger partial charge in [-0.25, -0.2) is 28.3 Å². The molecule has 0 radical (unpaired) electrons. The van der Waals surface area contributed by atoms with Gasteiger partial charge in [0, 0.05) is 13.1 Å². The largest absolute Gasteiger partial charge is 0.447 e. The number of carbonyl (C=O) groups is 4. The molecule has 4 aromatic rings. The first-order valence-corrected chi connectivity index (χ1v) is 19.9. The lowest BCUT2D eigenvalue weighted by atomic mass is 10.0. The second-order valence-electron chi connectivity index (χ2n) is 15.3. The number of H-pyrrole nitrogens is 2. The lowest BCUT2D eigenvalue weighted by Gasteiger charge is -2.30. The van der Waals surface area contributed by atoms with Gasteiger partial charge in [0.1, 0.15) is 50.3 Å². The van der Waals surface area contributed by atoms with E-state index in [-0.39, 0.29) is 48.9 Å². The molecule has 2 unspecified atom stereocenters. The summed E-state index contributed by atoms with van der Waals surface area (Å²) in [6, 6.07) is 14.0. The van der Waals surface area contributed by atoms with Crippen molar-refractivity contribution < 1.29 is 37.4 Å². The fourth-order valence-corrected chi connectivity index (χ4v) is 7.60. The Bertz CT molecular complexity index is 1870. The molecule has 2 fully saturated rings. The van der Waals surface area contributed by atoms with Gasteiger partial charge in [-0.3, -0.25) is 9.59 Å². The topological polar surface area (TPSA) is 175 Å². The smallest absolute Gasteiger partial charge is 0.407 e. The van der Waals surface area contributed by atoms with Crippen molar-refractivity contribution >= 4 is 24.0 Å². The highest BCUT2D eigenvalue weighted by molar-refractivity contribution is 5.87. The molecule has 4 heterocycles. The average Bonchev–Trinajstić information content (AvgIpc) is 4.07. The number of alkyl carbamates (subject to hydrolysis) is 2. The van der Waals surface area contributed by atoms with Crippen molar-refractivity contribution in [3.63, 3.8) is 0 Å². The lowest BCUT2D eigenvalue weighted by Crippen LogP contribution is -2.51. The van der Waals surface area contributed by atoms with Crippen LogP contribution in [-0.4, -0.2) is 105 Å². The molecule has 0 aliphatic carbocycles. The van der Waals surface area contributed by atoms with Crippen molar-refractivity contribution in [2.24, 2.45) is 11.8 Å². The highest BCUT2D eigenvalue weighted by Crippen LogP contribution is 2.35. The number of likely N-dealkylation sites (tertiary alicyclic amines) is 2. The molecule has 4 atom stereocenters. The molecule has 4 N–H and O–H groups in total. The number of ether oxygens (including phenoxy) is 2. The van der Waals surface area contributed by atoms with E-state index in [4.69, 9.17) is 9.47 Å². The van der Waals surface area contributed by atoms with Gasteiger partial charge in [0.2, 0.25) is 11.8 Å². The molecule has 2 aromatic heterocycles. The Balaban J connectivity index is 1.09. The maximum atomic E-state index is 13.6. The van der Waals surface area contributed by atoms with Crippen molar-refractivity contribution in [2.75, 3.05) is 39.7 Å². The summed E-state index contributed by atoms with van der Waals surface area (Å²) in [5, 5.41) is 5.21. The van der Waals surface area contributed by atoms with E-state index in [0.717, 1.165) is 59.3 Å². The van der Waals surface area contributed by atoms with Crippen molar-refractivity contribution in [3.05, 3.63) is 72.6 Å². The SMILES string of the molecule is CC(C)C(NC(=O)OCCF)C(=O)N1CCCC1c1ncc(-c2ccc(-c3ccc(-c4cnc([C@@H]5CCCN5C(=O)[C@@H](NC(=O)OCCF)C(C)C)[nH]4)cc3)cc2)[nH]1. The Hall–Kier alpha value is -5.80. The van der Waals surface area contributed by atoms with E-state index in [9.17, 15) is 28.0 Å². The molecule has 16 heteroatoms. The molecule has 0 spiro atoms. The predicted molar refractivity (Wildman–Crippen MR) is 213 cm³/mol. The predicted octanol–water partition coefficient (Wildman–Crippen LogP) is 6.90. The van der Waals surface area contributed by atoms with Crippen molar-refractivity contribution in [2.45, 2.75) is 77.5 Å². The second-order valence-corrected chi connectivity index (χ2v) is 15.3. The van der Waals surface area contributed by atoms with Crippen LogP contribution < -0.4 is 10.6 Å². The van der Waals surface area contributed by atoms with Gasteiger partial charge in [0.15, 0.2) is 0 Å². The number of aromatic nitrogens is 4. The number of hydrogen-bond donors (Lipinski definition) is 4. The summed E-state index contributed by atoms with van der Waals surface area (Å²) in [5.74, 6) is 0.466. The zero-order chi connectivity index (χ0) is 41.3. The number of amides is 4. The minimum atomic E-state index is -0.819. The van der Waals surface area contributed by atoms with Crippen LogP contribution in [0.5, 0.6) is 0 Å². The number of alkyl halides is 2. The molecule has 2 aliphatic rings. The first kappa shape index (κ1) is 41.8. The van der Waals surface area contributed by atoms with E-state index < -0.39 is 37.6 Å². The molecular formula is C42H52F2N8O6. The van der Waals surface area contributed by atoms with Crippen molar-refractivity contribution in [3.8, 4) is 33.6 Å². The van der Waals surface area contributed by atoms with Gasteiger partial charge in [-0.2, -0.15) is 0 Å². The maximum absolute atomic E-state index is 13.6. The number of imidazole rings is 2. The molecule has 58 heavy (non-hydrogen) atoms. The Kier molecular flexibility index (Phi) is 13.8. The molecule has 6 rings (SSSR count). The quantitative estimate of drug-likeness (QED) is 0.100. The van der Waals surface area contributed by atoms with Crippen LogP contribution in [0.25, 0.3) is 33.6 Å². The summed E-state index contributed by atoms with van der Waals surface area (Å²) in [5.41, 5.74) is 5.54. The highest BCUT2D eigenvalue weighted by Gasteiger charge is 2.39. The third-order valence-corrected chi connectivity index (χ3v) is 10.7. The maximum Gasteiger partial charge on any atom is 0.407 e. The van der Waals surface area contributed by atoms with E-state index in [1.54, 1.807) is 22.2 Å². The van der Waals surface area contributed by atoms with Crippen molar-refractivity contribution in [1.82, 2.24) is 40.4 Å². The van der Waals surface area contributed by atoms with E-state index in [1.165, 1.54) is 0 Å². The molecule has 0 saturated carbocycles. The number of benzene rings is 2. The molecule has 0 bridgehead atoms. The van der Waals surface area contributed by atoms with Crippen LogP contribution in [0.2, 0.25) is 0 Å². The summed E-state index contributed by atoms with van der Waals surface area (Å²) < 4.78 is 34.6. The summed E-state index contributed by atoms with van der Waals surface area (Å²) in [4.78, 5) is 71.1. The van der Waals surface area contributed by atoms with Gasteiger partial charge in [0.25, 0.3) is 0 Å². The first-order chi connectivity index (χ1) is 28.0. The fraction of sp³-hybridized carbons (Fsp3) is 0.476. The van der Waals surface area contributed by atoms with Crippen LogP contribution >= 0.6 is 0 Å². The molecule has 2 aromatic carbocycles. The zero-order valence-corrected chi connectivity index (χ0v) is 33.3. The van der Waals surface area contributed by atoms with Crippen LogP contribution in [0, 0.1) is 11.8 Å². The summed E-state index contributed by atoms with van der Waals surface area (Å²) >= 11 is 0. The van der Waals surface area contributed by atoms with Gasteiger partial charge in [-0.1, -0.05) is 76.2 Å². The minimum absolute atomic E-state index is 0.205. The molecule has 310 valence electrons. The van der Waals surface area contributed by atoms with Gasteiger partial charge in [-0.05, 0) is 59.8 Å². The second kappa shape index (κ2) is 19.1. The van der Waals surface area contributed by atoms with E-state index in [2.05, 4.69) is 30.6 Å². The number of carbonyl (C=O) groups excluding carboxylic acids is 4. The van der Waals surface area contributed by atoms with Crippen LogP contribution in [0.3, 0.4) is 0 Å². The minimum Gasteiger partial charge on any atom is -0.447 e. The molecular weight excluding hydrogens is 751 g/mol. The van der Waals surface area contributed by atoms with Gasteiger partial charge in [-0.15, -0.1) is 0 Å². The molecule has 2 saturated heterocycles. The summed E-state index contributed by atoms with van der Waals surface area (Å²) in [7, 11) is 0. The highest BCUT2D eigenvalue weighted by atomic mass is 19.1. The number of nitrogens with zero attached hydrogens (tertiary/aromatic N) is 4. The average molecular weight is 803 g/mol. The number of nitrogens with one attached hydrogen (secondary N) is 4. The number of rotatable bonds is 15. The number of halogens is 2. The first-order valence-electron chi connectivity index (χ1n) is 19.9. The summed E-state index contributed by atoms with van der Waals surface area (Å²) in [6.45, 7) is 6.08. The fourth-order valence-electron chi connectivity index (χ4n) is 7.60. The van der Waals surface area contributed by atoms with Crippen LogP contribution in [0.1, 0.15) is 77.1 Å². The zero-order valence-electron chi connectivity index (χ0n) is 33.3. The monoisotopic (exact) mass is 802 g/mol. The van der Waals surface area contributed by atoms with E-state index >= 15 is 0 Å². The molecule has 4 amide bonds. The summed E-state index contributed by atoms with van der Waals surface area (Å²) in [6.07, 6.45) is 4.92. The standard InChI is InChI=1S/C42H52F2N8O6/c1-25(2)35(49-41(55)57-21-17-43)39(53)51-19-5-7-33(51)37-45-23-31(47-37)29-13-9-27(10-14-29)28-11-15-30(16-12-28)32-24-46-38(48-32)34-8-6-20-52(34)40(54)36(26(3)4)50-42(56)58-22-18-44/h9-16,23-26,33-36H,5-8,17-22H2,1-4H3,(H,45,47)(H,46,48)(H,49,55)(H,50,56)/t33-,34?,35-,36?/m0/s1. The van der Waals surface area contributed by atoms with Crippen LogP contribution in [0.4, 0.5) is 18.4 Å². The third-order valence-electron chi connectivity index (χ3n) is 10.7. The van der Waals surface area contributed by atoms with Crippen LogP contribution in [0.15, 0.2) is 60.9 Å². The Morgan fingerprint density at radius 1 is 0.655 bits per heavy atom. The van der Waals surface area contributed by atoms with Gasteiger partial charge in [0.05, 0.1) is 35.9 Å². The normalized spacial score (nSPS) is 17.7. The molecule has 2 aliphatic heterocycles. The Morgan fingerprint density at radius 3 is 1.36 bits per heavy atom. The number of aromatic amines is 2. The molecule has 14 nitrogen and oxygen atoms in total. The van der Waals surface area contributed by atoms with E-state index in [0.29, 0.717) is 24.7 Å². The number of hydrogen-bond acceptors (Lipinski definition) is 8. The Labute approximate surface area is 336 Å². The van der Waals surface area contributed by atoms with Gasteiger partial charge >= 0.3 is 12.2 Å². The van der Waals surface area contributed by atoms with Gasteiger partial charge < -0.3 is 39.9 Å². The third kappa shape index (κ3) is 9.65. The Morgan fingerprint density at radius 2 is 1.02 bits per heavy atom. The van der Waals surface area contributed by atoms with E-state index in [1.807, 2.05) is 76.2 Å². The van der Waals surface area contributed by atoms with Crippen molar-refractivity contribution in [1.29, 1.82) is 0 Å². The lowest BCUT2D eigenvalue weighted by molar-refractivity contribution is -0.136. The van der Waals surface area contributed by atoms with Crippen LogP contribution in [-0.2, 0) is 19.1 Å².